The molecule has 2 fully saturated rings. The highest BCUT2D eigenvalue weighted by Crippen LogP contribution is 2.40. The number of rotatable bonds is 1. The summed E-state index contributed by atoms with van der Waals surface area (Å²) < 4.78 is 0. The smallest absolute Gasteiger partial charge is 0.0935 e. The Bertz CT molecular complexity index is 590. The van der Waals surface area contributed by atoms with Crippen LogP contribution in [-0.4, -0.2) is 23.1 Å². The van der Waals surface area contributed by atoms with Gasteiger partial charge in [0, 0.05) is 29.7 Å². The van der Waals surface area contributed by atoms with Crippen LogP contribution in [0.25, 0.3) is 10.9 Å². The minimum Gasteiger partial charge on any atom is -0.364 e. The Kier molecular flexibility index (Phi) is 2.49. The molecule has 3 nitrogen and oxygen atoms in total. The molecule has 2 aromatic rings. The molecule has 2 N–H and O–H groups in total. The molecule has 0 spiro atoms. The summed E-state index contributed by atoms with van der Waals surface area (Å²) in [5.74, 6) is 0. The number of anilines is 1. The van der Waals surface area contributed by atoms with Crippen LogP contribution < -0.4 is 10.6 Å². The van der Waals surface area contributed by atoms with Crippen LogP contribution in [0, 0.1) is 0 Å². The van der Waals surface area contributed by atoms with Crippen molar-refractivity contribution in [3.05, 3.63) is 36.5 Å². The van der Waals surface area contributed by atoms with E-state index in [4.69, 9.17) is 5.73 Å². The number of hydrogen-bond donors (Lipinski definition) is 1. The Balaban J connectivity index is 1.83. The fraction of sp³-hybridized carbons (Fsp3) is 0.438. The highest BCUT2D eigenvalue weighted by Gasteiger charge is 2.40. The lowest BCUT2D eigenvalue weighted by molar-refractivity contribution is 0.415. The van der Waals surface area contributed by atoms with E-state index in [1.807, 2.05) is 12.3 Å². The predicted molar refractivity (Wildman–Crippen MR) is 78.2 cm³/mol. The van der Waals surface area contributed by atoms with Gasteiger partial charge >= 0.3 is 0 Å². The van der Waals surface area contributed by atoms with Gasteiger partial charge in [-0.25, -0.2) is 0 Å². The Labute approximate surface area is 113 Å². The van der Waals surface area contributed by atoms with Gasteiger partial charge in [-0.15, -0.1) is 0 Å². The molecule has 2 saturated heterocycles. The first-order valence-electron chi connectivity index (χ1n) is 7.20. The summed E-state index contributed by atoms with van der Waals surface area (Å²) in [7, 11) is 0. The molecule has 2 bridgehead atoms. The van der Waals surface area contributed by atoms with E-state index in [2.05, 4.69) is 34.1 Å². The van der Waals surface area contributed by atoms with Crippen LogP contribution in [0.3, 0.4) is 0 Å². The minimum absolute atomic E-state index is 0.386. The topological polar surface area (TPSA) is 42.1 Å². The van der Waals surface area contributed by atoms with Gasteiger partial charge in [0.1, 0.15) is 0 Å². The number of aromatic nitrogens is 1. The molecule has 3 heteroatoms. The SMILES string of the molecule is NC1CC2CCC(C1)N2c1cccc2cccnc12. The van der Waals surface area contributed by atoms with Crippen LogP contribution in [0.5, 0.6) is 0 Å². The van der Waals surface area contributed by atoms with Gasteiger partial charge in [0.15, 0.2) is 0 Å². The lowest BCUT2D eigenvalue weighted by Gasteiger charge is -2.39. The van der Waals surface area contributed by atoms with Crippen molar-refractivity contribution >= 4 is 16.6 Å². The molecule has 19 heavy (non-hydrogen) atoms. The zero-order chi connectivity index (χ0) is 12.8. The van der Waals surface area contributed by atoms with Crippen LogP contribution in [-0.2, 0) is 0 Å². The number of hydrogen-bond acceptors (Lipinski definition) is 3. The summed E-state index contributed by atoms with van der Waals surface area (Å²) in [6, 6.07) is 12.3. The zero-order valence-electron chi connectivity index (χ0n) is 11.0. The highest BCUT2D eigenvalue weighted by molar-refractivity contribution is 5.91. The fourth-order valence-electron chi connectivity index (χ4n) is 3.91. The molecule has 1 aromatic carbocycles. The van der Waals surface area contributed by atoms with Crippen LogP contribution in [0.4, 0.5) is 5.69 Å². The quantitative estimate of drug-likeness (QED) is 0.849. The second-order valence-corrected chi connectivity index (χ2v) is 5.88. The van der Waals surface area contributed by atoms with E-state index in [1.165, 1.54) is 23.9 Å². The van der Waals surface area contributed by atoms with Gasteiger partial charge in [-0.05, 0) is 37.8 Å². The number of nitrogens with two attached hydrogens (primary N) is 1. The molecule has 1 aromatic heterocycles. The van der Waals surface area contributed by atoms with Crippen molar-refractivity contribution in [1.82, 2.24) is 4.98 Å². The third-order valence-electron chi connectivity index (χ3n) is 4.66. The summed E-state index contributed by atoms with van der Waals surface area (Å²) in [6.07, 6.45) is 6.70. The normalized spacial score (nSPS) is 29.9. The lowest BCUT2D eigenvalue weighted by atomic mass is 9.97. The third-order valence-corrected chi connectivity index (χ3v) is 4.66. The van der Waals surface area contributed by atoms with Crippen LogP contribution in [0.15, 0.2) is 36.5 Å². The number of fused-ring (bicyclic) bond motifs is 3. The summed E-state index contributed by atoms with van der Waals surface area (Å²) in [5.41, 5.74) is 8.61. The Morgan fingerprint density at radius 1 is 1.05 bits per heavy atom. The van der Waals surface area contributed by atoms with E-state index in [9.17, 15) is 0 Å². The number of nitrogens with zero attached hydrogens (tertiary/aromatic N) is 2. The van der Waals surface area contributed by atoms with Crippen molar-refractivity contribution in [3.8, 4) is 0 Å². The maximum absolute atomic E-state index is 6.17. The predicted octanol–water partition coefficient (Wildman–Crippen LogP) is 2.69. The number of para-hydroxylation sites is 1. The highest BCUT2D eigenvalue weighted by atomic mass is 15.2. The molecular weight excluding hydrogens is 234 g/mol. The van der Waals surface area contributed by atoms with E-state index >= 15 is 0 Å². The molecule has 0 amide bonds. The second-order valence-electron chi connectivity index (χ2n) is 5.88. The van der Waals surface area contributed by atoms with Gasteiger partial charge in [0.2, 0.25) is 0 Å². The van der Waals surface area contributed by atoms with Gasteiger partial charge in [0.05, 0.1) is 11.2 Å². The summed E-state index contributed by atoms with van der Waals surface area (Å²) in [4.78, 5) is 7.20. The van der Waals surface area contributed by atoms with Gasteiger partial charge in [0.25, 0.3) is 0 Å². The average Bonchev–Trinajstić information content (AvgIpc) is 2.70. The van der Waals surface area contributed by atoms with Gasteiger partial charge in [-0.3, -0.25) is 4.98 Å². The Morgan fingerprint density at radius 2 is 1.79 bits per heavy atom. The number of benzene rings is 1. The molecule has 98 valence electrons. The minimum atomic E-state index is 0.386. The maximum atomic E-state index is 6.17. The maximum Gasteiger partial charge on any atom is 0.0935 e. The van der Waals surface area contributed by atoms with Gasteiger partial charge in [-0.2, -0.15) is 0 Å². The summed E-state index contributed by atoms with van der Waals surface area (Å²) in [5, 5.41) is 1.23. The molecule has 0 saturated carbocycles. The summed E-state index contributed by atoms with van der Waals surface area (Å²) in [6.45, 7) is 0. The molecular formula is C16H19N3. The summed E-state index contributed by atoms with van der Waals surface area (Å²) >= 11 is 0. The van der Waals surface area contributed by atoms with E-state index in [0.29, 0.717) is 18.1 Å². The largest absolute Gasteiger partial charge is 0.364 e. The molecule has 4 rings (SSSR count). The average molecular weight is 253 g/mol. The van der Waals surface area contributed by atoms with Gasteiger partial charge < -0.3 is 10.6 Å². The first-order chi connectivity index (χ1) is 9.33. The Morgan fingerprint density at radius 3 is 2.58 bits per heavy atom. The number of piperidine rings is 1. The fourth-order valence-corrected chi connectivity index (χ4v) is 3.91. The molecule has 3 heterocycles. The molecule has 2 aliphatic rings. The van der Waals surface area contributed by atoms with Crippen LogP contribution >= 0.6 is 0 Å². The second kappa shape index (κ2) is 4.20. The van der Waals surface area contributed by atoms with Gasteiger partial charge in [-0.1, -0.05) is 18.2 Å². The van der Waals surface area contributed by atoms with Crippen molar-refractivity contribution in [2.75, 3.05) is 4.90 Å². The van der Waals surface area contributed by atoms with Crippen molar-refractivity contribution in [3.63, 3.8) is 0 Å². The van der Waals surface area contributed by atoms with Crippen LogP contribution in [0.2, 0.25) is 0 Å². The Hall–Kier alpha value is -1.61. The number of pyridine rings is 1. The molecule has 2 unspecified atom stereocenters. The molecule has 2 aliphatic heterocycles. The van der Waals surface area contributed by atoms with Crippen molar-refractivity contribution in [2.45, 2.75) is 43.8 Å². The van der Waals surface area contributed by atoms with Crippen molar-refractivity contribution < 1.29 is 0 Å². The zero-order valence-corrected chi connectivity index (χ0v) is 11.0. The molecule has 2 atom stereocenters. The van der Waals surface area contributed by atoms with Crippen molar-refractivity contribution in [2.24, 2.45) is 5.73 Å². The standard InChI is InChI=1S/C16H19N3/c17-12-9-13-6-7-14(10-12)19(13)15-5-1-3-11-4-2-8-18-16(11)15/h1-5,8,12-14H,6-7,9-10,17H2. The monoisotopic (exact) mass is 253 g/mol. The van der Waals surface area contributed by atoms with E-state index in [0.717, 1.165) is 18.4 Å². The lowest BCUT2D eigenvalue weighted by Crippen LogP contribution is -2.47. The molecule has 0 radical (unpaired) electrons. The van der Waals surface area contributed by atoms with E-state index in [-0.39, 0.29) is 0 Å². The first-order valence-corrected chi connectivity index (χ1v) is 7.20. The van der Waals surface area contributed by atoms with Crippen LogP contribution in [0.1, 0.15) is 25.7 Å². The molecule has 0 aliphatic carbocycles. The van der Waals surface area contributed by atoms with Crippen molar-refractivity contribution in [1.29, 1.82) is 0 Å². The van der Waals surface area contributed by atoms with E-state index < -0.39 is 0 Å². The third kappa shape index (κ3) is 1.72. The first kappa shape index (κ1) is 11.2. The van der Waals surface area contributed by atoms with E-state index in [1.54, 1.807) is 0 Å².